The van der Waals surface area contributed by atoms with Gasteiger partial charge in [-0.05, 0) is 79.7 Å². The molecule has 5 unspecified atom stereocenters. The van der Waals surface area contributed by atoms with Gasteiger partial charge in [-0.3, -0.25) is 4.79 Å². The van der Waals surface area contributed by atoms with Gasteiger partial charge in [0.05, 0.1) is 5.69 Å². The molecule has 2 N–H and O–H groups in total. The minimum Gasteiger partial charge on any atom is -0.404 e. The van der Waals surface area contributed by atoms with Crippen LogP contribution in [0.5, 0.6) is 5.75 Å². The number of hydrogen-bond acceptors (Lipinski definition) is 3. The van der Waals surface area contributed by atoms with Crippen molar-refractivity contribution in [1.29, 1.82) is 0 Å². The summed E-state index contributed by atoms with van der Waals surface area (Å²) in [5.74, 6) is 2.17. The van der Waals surface area contributed by atoms with Crippen LogP contribution in [-0.4, -0.2) is 41.8 Å². The maximum Gasteiger partial charge on any atom is 0.573 e. The Balaban J connectivity index is 1.02. The van der Waals surface area contributed by atoms with Crippen molar-refractivity contribution in [2.75, 3.05) is 18.4 Å². The van der Waals surface area contributed by atoms with Crippen LogP contribution in [-0.2, 0) is 4.79 Å². The summed E-state index contributed by atoms with van der Waals surface area (Å²) < 4.78 is 41.9. The second-order valence-electron chi connectivity index (χ2n) is 10.8. The number of ether oxygens (including phenoxy) is 1. The monoisotopic (exact) mass is 463 g/mol. The number of para-hydroxylation sites is 2. The number of urea groups is 1. The number of carbonyl (C=O) groups excluding carboxylic acids is 2. The highest BCUT2D eigenvalue weighted by molar-refractivity contribution is 5.91. The number of alkyl halides is 3. The summed E-state index contributed by atoms with van der Waals surface area (Å²) in [4.78, 5) is 27.1. The first kappa shape index (κ1) is 21.1. The van der Waals surface area contributed by atoms with Crippen molar-refractivity contribution in [1.82, 2.24) is 10.2 Å². The molecule has 6 atom stereocenters. The Labute approximate surface area is 190 Å². The minimum absolute atomic E-state index is 0.0303. The minimum atomic E-state index is -4.84. The normalized spacial score (nSPS) is 37.7. The summed E-state index contributed by atoms with van der Waals surface area (Å²) in [7, 11) is 0. The van der Waals surface area contributed by atoms with Crippen LogP contribution < -0.4 is 15.4 Å². The van der Waals surface area contributed by atoms with Gasteiger partial charge in [0.15, 0.2) is 5.75 Å². The quantitative estimate of drug-likeness (QED) is 0.675. The summed E-state index contributed by atoms with van der Waals surface area (Å²) in [5, 5.41) is 5.92. The van der Waals surface area contributed by atoms with Crippen molar-refractivity contribution in [3.63, 3.8) is 0 Å². The van der Waals surface area contributed by atoms with Crippen LogP contribution >= 0.6 is 0 Å². The summed E-state index contributed by atoms with van der Waals surface area (Å²) in [5.41, 5.74) is 0.383. The molecule has 1 saturated heterocycles. The van der Waals surface area contributed by atoms with E-state index < -0.39 is 18.1 Å². The predicted octanol–water partition coefficient (Wildman–Crippen LogP) is 4.52. The molecule has 2 bridgehead atoms. The SMILES string of the molecule is O=C(CC1CCN(C(=O)Nc2ccccc2OC(F)(F)F)C1)NC12CC3CC4C[C@H](C1)C32C4. The Bertz CT molecular complexity index is 981. The molecule has 5 aliphatic rings. The molecule has 4 aliphatic carbocycles. The Morgan fingerprint density at radius 3 is 2.55 bits per heavy atom. The molecule has 4 saturated carbocycles. The number of likely N-dealkylation sites (tertiary alicyclic amines) is 1. The van der Waals surface area contributed by atoms with E-state index in [2.05, 4.69) is 15.4 Å². The molecular weight excluding hydrogens is 435 g/mol. The first-order chi connectivity index (χ1) is 15.7. The third-order valence-electron chi connectivity index (χ3n) is 9.18. The lowest BCUT2D eigenvalue weighted by Gasteiger charge is -2.74. The van der Waals surface area contributed by atoms with E-state index in [9.17, 15) is 22.8 Å². The number of nitrogens with zero attached hydrogens (tertiary/aromatic N) is 1. The van der Waals surface area contributed by atoms with Crippen molar-refractivity contribution in [2.45, 2.75) is 56.8 Å². The lowest BCUT2D eigenvalue weighted by molar-refractivity contribution is -0.274. The highest BCUT2D eigenvalue weighted by Gasteiger charge is 2.81. The second kappa shape index (κ2) is 7.03. The number of benzene rings is 1. The smallest absolute Gasteiger partial charge is 0.404 e. The summed E-state index contributed by atoms with van der Waals surface area (Å²) in [6, 6.07) is 4.98. The van der Waals surface area contributed by atoms with Gasteiger partial charge in [0.25, 0.3) is 0 Å². The van der Waals surface area contributed by atoms with Crippen molar-refractivity contribution in [3.05, 3.63) is 24.3 Å². The molecule has 9 heteroatoms. The standard InChI is InChI=1S/C24H28F3N3O3/c25-24(26,27)33-19-4-2-1-3-18(19)28-21(32)30-6-5-14(13-30)9-20(31)29-22-11-16-7-15-8-17(12-22)23(16,22)10-15/h1-4,14-17H,5-13H2,(H,28,32)(H,29,31)/t14?,15?,16-,17?,22?,23?/m1/s1. The van der Waals surface area contributed by atoms with E-state index in [1.54, 1.807) is 4.90 Å². The number of anilines is 1. The number of amides is 3. The number of hydrogen-bond donors (Lipinski definition) is 2. The van der Waals surface area contributed by atoms with E-state index in [0.717, 1.165) is 36.7 Å². The molecule has 1 aliphatic heterocycles. The molecule has 0 radical (unpaired) electrons. The lowest BCUT2D eigenvalue weighted by atomic mass is 9.34. The van der Waals surface area contributed by atoms with Gasteiger partial charge in [-0.1, -0.05) is 12.1 Å². The second-order valence-corrected chi connectivity index (χ2v) is 10.8. The fourth-order valence-corrected chi connectivity index (χ4v) is 8.14. The van der Waals surface area contributed by atoms with Gasteiger partial charge in [0, 0.05) is 25.0 Å². The van der Waals surface area contributed by atoms with Crippen molar-refractivity contribution < 1.29 is 27.5 Å². The Kier molecular flexibility index (Phi) is 4.49. The third kappa shape index (κ3) is 3.21. The van der Waals surface area contributed by atoms with Gasteiger partial charge in [-0.25, -0.2) is 4.79 Å². The van der Waals surface area contributed by atoms with Gasteiger partial charge in [-0.15, -0.1) is 13.2 Å². The topological polar surface area (TPSA) is 70.7 Å². The Morgan fingerprint density at radius 1 is 1.12 bits per heavy atom. The van der Waals surface area contributed by atoms with Gasteiger partial charge in [0.2, 0.25) is 5.91 Å². The number of rotatable bonds is 5. The Hall–Kier alpha value is -2.45. The first-order valence-corrected chi connectivity index (χ1v) is 11.9. The zero-order chi connectivity index (χ0) is 23.0. The third-order valence-corrected chi connectivity index (χ3v) is 9.18. The van der Waals surface area contributed by atoms with Gasteiger partial charge >= 0.3 is 12.4 Å². The fourth-order valence-electron chi connectivity index (χ4n) is 8.14. The Morgan fingerprint density at radius 2 is 1.85 bits per heavy atom. The molecule has 0 aromatic heterocycles. The van der Waals surface area contributed by atoms with E-state index >= 15 is 0 Å². The molecule has 5 fully saturated rings. The molecule has 1 aromatic rings. The zero-order valence-corrected chi connectivity index (χ0v) is 18.3. The van der Waals surface area contributed by atoms with E-state index in [-0.39, 0.29) is 23.1 Å². The zero-order valence-electron chi connectivity index (χ0n) is 18.3. The molecular formula is C24H28F3N3O3. The first-order valence-electron chi connectivity index (χ1n) is 11.9. The molecule has 33 heavy (non-hydrogen) atoms. The van der Waals surface area contributed by atoms with Crippen LogP contribution in [0.3, 0.4) is 0 Å². The molecule has 1 spiro atoms. The van der Waals surface area contributed by atoms with E-state index in [1.165, 1.54) is 37.5 Å². The highest BCUT2D eigenvalue weighted by atomic mass is 19.4. The largest absolute Gasteiger partial charge is 0.573 e. The summed E-state index contributed by atoms with van der Waals surface area (Å²) >= 11 is 0. The van der Waals surface area contributed by atoms with Gasteiger partial charge in [0.1, 0.15) is 0 Å². The maximum atomic E-state index is 12.9. The fraction of sp³-hybridized carbons (Fsp3) is 0.667. The van der Waals surface area contributed by atoms with Gasteiger partial charge < -0.3 is 20.3 Å². The van der Waals surface area contributed by atoms with Crippen molar-refractivity contribution in [3.8, 4) is 5.75 Å². The molecule has 6 nitrogen and oxygen atoms in total. The summed E-state index contributed by atoms with van der Waals surface area (Å²) in [6.07, 6.45) is 2.48. The van der Waals surface area contributed by atoms with Crippen LogP contribution in [0.4, 0.5) is 23.7 Å². The average molecular weight is 464 g/mol. The van der Waals surface area contributed by atoms with E-state index in [1.807, 2.05) is 0 Å². The van der Waals surface area contributed by atoms with Crippen LogP contribution in [0, 0.1) is 29.1 Å². The summed E-state index contributed by atoms with van der Waals surface area (Å²) in [6.45, 7) is 0.875. The average Bonchev–Trinajstić information content (AvgIpc) is 3.40. The van der Waals surface area contributed by atoms with E-state index in [0.29, 0.717) is 31.3 Å². The van der Waals surface area contributed by atoms with E-state index in [4.69, 9.17) is 0 Å². The molecule has 1 aromatic carbocycles. The maximum absolute atomic E-state index is 12.9. The number of fused-ring (bicyclic) bond motifs is 1. The van der Waals surface area contributed by atoms with Crippen molar-refractivity contribution in [2.24, 2.45) is 29.1 Å². The molecule has 178 valence electrons. The van der Waals surface area contributed by atoms with Crippen LogP contribution in [0.2, 0.25) is 0 Å². The number of halogens is 3. The number of nitrogens with one attached hydrogen (secondary N) is 2. The highest BCUT2D eigenvalue weighted by Crippen LogP contribution is 2.82. The molecule has 3 amide bonds. The molecule has 6 rings (SSSR count). The van der Waals surface area contributed by atoms with Crippen LogP contribution in [0.25, 0.3) is 0 Å². The van der Waals surface area contributed by atoms with Crippen molar-refractivity contribution >= 4 is 17.6 Å². The number of carbonyl (C=O) groups is 2. The van der Waals surface area contributed by atoms with Crippen LogP contribution in [0.1, 0.15) is 44.9 Å². The molecule has 1 heterocycles. The lowest BCUT2D eigenvalue weighted by Crippen LogP contribution is -2.79. The van der Waals surface area contributed by atoms with Gasteiger partial charge in [-0.2, -0.15) is 0 Å². The predicted molar refractivity (Wildman–Crippen MR) is 113 cm³/mol. The van der Waals surface area contributed by atoms with Crippen LogP contribution in [0.15, 0.2) is 24.3 Å².